The number of aliphatic hydroxyl groups excluding tert-OH is 1. The number of aryl methyl sites for hydroxylation is 1. The summed E-state index contributed by atoms with van der Waals surface area (Å²) in [6.45, 7) is 0.0526. The molecule has 0 saturated heterocycles. The zero-order valence-corrected chi connectivity index (χ0v) is 11.2. The Hall–Kier alpha value is -1.71. The number of aliphatic hydroxyl groups is 1. The molecule has 0 saturated carbocycles. The minimum Gasteiger partial charge on any atom is -0.394 e. The van der Waals surface area contributed by atoms with Crippen molar-refractivity contribution in [1.29, 1.82) is 0 Å². The van der Waals surface area contributed by atoms with Crippen LogP contribution >= 0.6 is 0 Å². The average Bonchev–Trinajstić information content (AvgIpc) is 2.87. The Bertz CT molecular complexity index is 585. The molecule has 2 nitrogen and oxygen atoms in total. The van der Waals surface area contributed by atoms with Crippen molar-refractivity contribution >= 4 is 0 Å². The van der Waals surface area contributed by atoms with E-state index in [1.54, 1.807) is 6.07 Å². The lowest BCUT2D eigenvalue weighted by molar-refractivity contribution is 0.233. The first kappa shape index (κ1) is 13.3. The van der Waals surface area contributed by atoms with Gasteiger partial charge in [0.2, 0.25) is 0 Å². The van der Waals surface area contributed by atoms with Crippen LogP contribution in [0.15, 0.2) is 48.5 Å². The lowest BCUT2D eigenvalue weighted by atomic mass is 10.0. The van der Waals surface area contributed by atoms with E-state index in [0.717, 1.165) is 29.5 Å². The van der Waals surface area contributed by atoms with Crippen LogP contribution in [-0.2, 0) is 6.42 Å². The second-order valence-electron chi connectivity index (χ2n) is 5.25. The molecule has 3 heteroatoms. The van der Waals surface area contributed by atoms with E-state index in [4.69, 9.17) is 0 Å². The van der Waals surface area contributed by atoms with Crippen molar-refractivity contribution in [3.63, 3.8) is 0 Å². The topological polar surface area (TPSA) is 32.3 Å². The van der Waals surface area contributed by atoms with Crippen LogP contribution in [0.25, 0.3) is 0 Å². The van der Waals surface area contributed by atoms with Gasteiger partial charge in [-0.3, -0.25) is 0 Å². The molecule has 0 radical (unpaired) electrons. The molecule has 0 heterocycles. The minimum atomic E-state index is -0.175. The molecule has 1 aliphatic carbocycles. The van der Waals surface area contributed by atoms with E-state index in [-0.39, 0.29) is 24.5 Å². The number of hydrogen-bond donors (Lipinski definition) is 2. The SMILES string of the molecule is OC[C@@H](NC1CCc2cc(F)ccc21)c1ccccc1. The summed E-state index contributed by atoms with van der Waals surface area (Å²) in [6.07, 6.45) is 1.83. The molecule has 1 aliphatic rings. The fourth-order valence-corrected chi connectivity index (χ4v) is 2.94. The molecule has 0 amide bonds. The van der Waals surface area contributed by atoms with Crippen LogP contribution in [0.2, 0.25) is 0 Å². The average molecular weight is 271 g/mol. The molecule has 2 atom stereocenters. The van der Waals surface area contributed by atoms with Gasteiger partial charge in [-0.05, 0) is 41.7 Å². The molecular formula is C17H18FNO. The molecule has 2 aromatic carbocycles. The molecule has 0 bridgehead atoms. The van der Waals surface area contributed by atoms with Crippen molar-refractivity contribution in [2.45, 2.75) is 24.9 Å². The molecular weight excluding hydrogens is 253 g/mol. The number of halogens is 1. The molecule has 0 spiro atoms. The number of rotatable bonds is 4. The smallest absolute Gasteiger partial charge is 0.123 e. The molecule has 20 heavy (non-hydrogen) atoms. The fraction of sp³-hybridized carbons (Fsp3) is 0.294. The van der Waals surface area contributed by atoms with Crippen LogP contribution in [0.5, 0.6) is 0 Å². The van der Waals surface area contributed by atoms with Crippen LogP contribution in [0, 0.1) is 5.82 Å². The summed E-state index contributed by atoms with van der Waals surface area (Å²) in [5.74, 6) is -0.175. The first-order valence-electron chi connectivity index (χ1n) is 6.98. The second kappa shape index (κ2) is 5.73. The Morgan fingerprint density at radius 3 is 2.75 bits per heavy atom. The van der Waals surface area contributed by atoms with Crippen molar-refractivity contribution in [3.05, 3.63) is 71.0 Å². The summed E-state index contributed by atoms with van der Waals surface area (Å²) in [5.41, 5.74) is 3.30. The van der Waals surface area contributed by atoms with Crippen molar-refractivity contribution in [2.24, 2.45) is 0 Å². The molecule has 0 aromatic heterocycles. The molecule has 2 N–H and O–H groups in total. The van der Waals surface area contributed by atoms with Crippen LogP contribution in [0.3, 0.4) is 0 Å². The summed E-state index contributed by atoms with van der Waals surface area (Å²) < 4.78 is 13.2. The molecule has 1 unspecified atom stereocenters. The summed E-state index contributed by atoms with van der Waals surface area (Å²) in [6, 6.07) is 15.0. The first-order valence-corrected chi connectivity index (χ1v) is 6.98. The van der Waals surface area contributed by atoms with E-state index in [1.165, 1.54) is 6.07 Å². The third kappa shape index (κ3) is 2.60. The predicted molar refractivity (Wildman–Crippen MR) is 76.9 cm³/mol. The highest BCUT2D eigenvalue weighted by molar-refractivity contribution is 5.35. The summed E-state index contributed by atoms with van der Waals surface area (Å²) >= 11 is 0. The van der Waals surface area contributed by atoms with E-state index in [9.17, 15) is 9.50 Å². The monoisotopic (exact) mass is 271 g/mol. The second-order valence-corrected chi connectivity index (χ2v) is 5.25. The molecule has 104 valence electrons. The van der Waals surface area contributed by atoms with E-state index >= 15 is 0 Å². The van der Waals surface area contributed by atoms with Crippen molar-refractivity contribution < 1.29 is 9.50 Å². The third-order valence-corrected chi connectivity index (χ3v) is 3.97. The molecule has 0 aliphatic heterocycles. The van der Waals surface area contributed by atoms with Crippen molar-refractivity contribution in [2.75, 3.05) is 6.61 Å². The van der Waals surface area contributed by atoms with Gasteiger partial charge in [-0.1, -0.05) is 36.4 Å². The maximum atomic E-state index is 13.2. The normalized spacial score (nSPS) is 18.8. The summed E-state index contributed by atoms with van der Waals surface area (Å²) in [4.78, 5) is 0. The van der Waals surface area contributed by atoms with Gasteiger partial charge in [-0.25, -0.2) is 4.39 Å². The largest absolute Gasteiger partial charge is 0.394 e. The van der Waals surface area contributed by atoms with Crippen molar-refractivity contribution in [1.82, 2.24) is 5.32 Å². The Kier molecular flexibility index (Phi) is 3.81. The van der Waals surface area contributed by atoms with E-state index < -0.39 is 0 Å². The Balaban J connectivity index is 1.79. The first-order chi connectivity index (χ1) is 9.78. The fourth-order valence-electron chi connectivity index (χ4n) is 2.94. The maximum absolute atomic E-state index is 13.2. The predicted octanol–water partition coefficient (Wildman–Crippen LogP) is 3.14. The Labute approximate surface area is 118 Å². The van der Waals surface area contributed by atoms with Crippen LogP contribution < -0.4 is 5.32 Å². The quantitative estimate of drug-likeness (QED) is 0.895. The molecule has 2 aromatic rings. The van der Waals surface area contributed by atoms with Crippen LogP contribution in [-0.4, -0.2) is 11.7 Å². The zero-order chi connectivity index (χ0) is 13.9. The van der Waals surface area contributed by atoms with Crippen molar-refractivity contribution in [3.8, 4) is 0 Å². The third-order valence-electron chi connectivity index (χ3n) is 3.97. The highest BCUT2D eigenvalue weighted by Crippen LogP contribution is 2.33. The minimum absolute atomic E-state index is 0.0526. The van der Waals surface area contributed by atoms with Gasteiger partial charge in [0.1, 0.15) is 5.82 Å². The number of benzene rings is 2. The van der Waals surface area contributed by atoms with Crippen LogP contribution in [0.1, 0.15) is 35.2 Å². The number of fused-ring (bicyclic) bond motifs is 1. The van der Waals surface area contributed by atoms with E-state index in [2.05, 4.69) is 5.32 Å². The Morgan fingerprint density at radius 2 is 2.00 bits per heavy atom. The highest BCUT2D eigenvalue weighted by Gasteiger charge is 2.25. The molecule has 3 rings (SSSR count). The number of hydrogen-bond acceptors (Lipinski definition) is 2. The summed E-state index contributed by atoms with van der Waals surface area (Å²) in [7, 11) is 0. The lowest BCUT2D eigenvalue weighted by Gasteiger charge is -2.22. The van der Waals surface area contributed by atoms with Gasteiger partial charge >= 0.3 is 0 Å². The highest BCUT2D eigenvalue weighted by atomic mass is 19.1. The van der Waals surface area contributed by atoms with Gasteiger partial charge in [0, 0.05) is 6.04 Å². The number of nitrogens with one attached hydrogen (secondary N) is 1. The molecule has 0 fully saturated rings. The van der Waals surface area contributed by atoms with Gasteiger partial charge in [0.15, 0.2) is 0 Å². The lowest BCUT2D eigenvalue weighted by Crippen LogP contribution is -2.27. The van der Waals surface area contributed by atoms with Gasteiger partial charge in [0.25, 0.3) is 0 Å². The van der Waals surface area contributed by atoms with Crippen LogP contribution in [0.4, 0.5) is 4.39 Å². The van der Waals surface area contributed by atoms with Gasteiger partial charge in [0.05, 0.1) is 12.6 Å². The van der Waals surface area contributed by atoms with E-state index in [1.807, 2.05) is 36.4 Å². The summed E-state index contributed by atoms with van der Waals surface area (Å²) in [5, 5.41) is 13.1. The standard InChI is InChI=1S/C17H18FNO/c18-14-7-8-15-13(10-14)6-9-16(15)19-17(11-20)12-4-2-1-3-5-12/h1-5,7-8,10,16-17,19-20H,6,9,11H2/t16?,17-/m1/s1. The van der Waals surface area contributed by atoms with E-state index in [0.29, 0.717) is 0 Å². The van der Waals surface area contributed by atoms with Gasteiger partial charge < -0.3 is 10.4 Å². The maximum Gasteiger partial charge on any atom is 0.123 e. The van der Waals surface area contributed by atoms with Gasteiger partial charge in [-0.15, -0.1) is 0 Å². The zero-order valence-electron chi connectivity index (χ0n) is 11.2. The van der Waals surface area contributed by atoms with Gasteiger partial charge in [-0.2, -0.15) is 0 Å². The Morgan fingerprint density at radius 1 is 1.20 bits per heavy atom.